The minimum atomic E-state index is 0.205. The standard InChI is InChI=1S/C9H18N2O/c1-7(2)10-6-8-4-3-5-9(12)11-8/h7-8,10H,3-6H2,1-2H3,(H,11,12). The number of carbonyl (C=O) groups excluding carboxylic acids is 1. The van der Waals surface area contributed by atoms with E-state index in [1.54, 1.807) is 0 Å². The number of amides is 1. The first-order valence-corrected chi connectivity index (χ1v) is 4.71. The van der Waals surface area contributed by atoms with Crippen LogP contribution < -0.4 is 10.6 Å². The number of hydrogen-bond acceptors (Lipinski definition) is 2. The first-order valence-electron chi connectivity index (χ1n) is 4.71. The van der Waals surface area contributed by atoms with Crippen molar-refractivity contribution >= 4 is 5.91 Å². The van der Waals surface area contributed by atoms with Crippen molar-refractivity contribution in [3.63, 3.8) is 0 Å². The molecule has 3 heteroatoms. The minimum absolute atomic E-state index is 0.205. The van der Waals surface area contributed by atoms with Gasteiger partial charge >= 0.3 is 0 Å². The van der Waals surface area contributed by atoms with Gasteiger partial charge in [0.1, 0.15) is 0 Å². The zero-order valence-electron chi connectivity index (χ0n) is 7.89. The summed E-state index contributed by atoms with van der Waals surface area (Å²) in [6, 6.07) is 0.859. The van der Waals surface area contributed by atoms with Crippen LogP contribution >= 0.6 is 0 Å². The Kier molecular flexibility index (Phi) is 3.53. The molecule has 0 aliphatic carbocycles. The molecule has 3 nitrogen and oxygen atoms in total. The van der Waals surface area contributed by atoms with Crippen LogP contribution in [0.4, 0.5) is 0 Å². The number of carbonyl (C=O) groups is 1. The van der Waals surface area contributed by atoms with E-state index in [0.29, 0.717) is 18.5 Å². The molecule has 1 aliphatic heterocycles. The smallest absolute Gasteiger partial charge is 0.220 e. The van der Waals surface area contributed by atoms with Gasteiger partial charge in [-0.1, -0.05) is 13.8 Å². The maximum Gasteiger partial charge on any atom is 0.220 e. The van der Waals surface area contributed by atoms with E-state index in [2.05, 4.69) is 24.5 Å². The highest BCUT2D eigenvalue weighted by atomic mass is 16.1. The van der Waals surface area contributed by atoms with Gasteiger partial charge in [0, 0.05) is 25.0 Å². The Morgan fingerprint density at radius 3 is 3.00 bits per heavy atom. The normalized spacial score (nSPS) is 24.2. The first-order chi connectivity index (χ1) is 5.68. The van der Waals surface area contributed by atoms with Crippen molar-refractivity contribution in [2.75, 3.05) is 6.54 Å². The van der Waals surface area contributed by atoms with E-state index < -0.39 is 0 Å². The Morgan fingerprint density at radius 1 is 1.67 bits per heavy atom. The summed E-state index contributed by atoms with van der Waals surface area (Å²) in [5, 5.41) is 6.29. The van der Waals surface area contributed by atoms with E-state index in [-0.39, 0.29) is 5.91 Å². The van der Waals surface area contributed by atoms with E-state index in [4.69, 9.17) is 0 Å². The van der Waals surface area contributed by atoms with Crippen molar-refractivity contribution < 1.29 is 4.79 Å². The Bertz CT molecular complexity index is 157. The molecule has 2 N–H and O–H groups in total. The third-order valence-electron chi connectivity index (χ3n) is 2.09. The molecule has 1 heterocycles. The lowest BCUT2D eigenvalue weighted by Crippen LogP contribution is -2.46. The van der Waals surface area contributed by atoms with Crippen LogP contribution in [-0.2, 0) is 4.79 Å². The third-order valence-corrected chi connectivity index (χ3v) is 2.09. The van der Waals surface area contributed by atoms with Gasteiger partial charge in [0.05, 0.1) is 0 Å². The Balaban J connectivity index is 2.18. The lowest BCUT2D eigenvalue weighted by Gasteiger charge is -2.24. The Labute approximate surface area is 73.9 Å². The fourth-order valence-corrected chi connectivity index (χ4v) is 1.41. The number of rotatable bonds is 3. The van der Waals surface area contributed by atoms with Crippen molar-refractivity contribution in [2.24, 2.45) is 0 Å². The molecule has 1 fully saturated rings. The molecule has 0 saturated carbocycles. The quantitative estimate of drug-likeness (QED) is 0.653. The highest BCUT2D eigenvalue weighted by molar-refractivity contribution is 5.76. The van der Waals surface area contributed by atoms with E-state index in [9.17, 15) is 4.79 Å². The van der Waals surface area contributed by atoms with E-state index in [0.717, 1.165) is 19.4 Å². The molecule has 1 aliphatic rings. The summed E-state index contributed by atoms with van der Waals surface area (Å²) in [6.45, 7) is 5.14. The molecule has 1 rings (SSSR count). The van der Waals surface area contributed by atoms with Crippen LogP contribution in [0.5, 0.6) is 0 Å². The van der Waals surface area contributed by atoms with E-state index in [1.807, 2.05) is 0 Å². The second kappa shape index (κ2) is 4.45. The van der Waals surface area contributed by atoms with Crippen LogP contribution in [0.1, 0.15) is 33.1 Å². The van der Waals surface area contributed by atoms with Gasteiger partial charge in [0.15, 0.2) is 0 Å². The molecule has 0 spiro atoms. The summed E-state index contributed by atoms with van der Waals surface area (Å²) < 4.78 is 0. The van der Waals surface area contributed by atoms with Crippen LogP contribution in [0.2, 0.25) is 0 Å². The summed E-state index contributed by atoms with van der Waals surface area (Å²) >= 11 is 0. The average molecular weight is 170 g/mol. The fraction of sp³-hybridized carbons (Fsp3) is 0.889. The molecule has 0 aromatic rings. The van der Waals surface area contributed by atoms with Crippen molar-refractivity contribution in [1.29, 1.82) is 0 Å². The Hall–Kier alpha value is -0.570. The van der Waals surface area contributed by atoms with Crippen LogP contribution in [-0.4, -0.2) is 24.5 Å². The van der Waals surface area contributed by atoms with Crippen LogP contribution in [0.15, 0.2) is 0 Å². The molecule has 12 heavy (non-hydrogen) atoms. The van der Waals surface area contributed by atoms with Crippen molar-refractivity contribution in [2.45, 2.75) is 45.2 Å². The van der Waals surface area contributed by atoms with Gasteiger partial charge in [0.25, 0.3) is 0 Å². The zero-order valence-corrected chi connectivity index (χ0v) is 7.89. The maximum atomic E-state index is 11.0. The molecule has 1 atom stereocenters. The van der Waals surface area contributed by atoms with Crippen LogP contribution in [0, 0.1) is 0 Å². The predicted molar refractivity (Wildman–Crippen MR) is 48.9 cm³/mol. The van der Waals surface area contributed by atoms with Gasteiger partial charge in [-0.15, -0.1) is 0 Å². The lowest BCUT2D eigenvalue weighted by atomic mass is 10.0. The molecule has 0 radical (unpaired) electrons. The summed E-state index contributed by atoms with van der Waals surface area (Å²) in [6.07, 6.45) is 2.86. The predicted octanol–water partition coefficient (Wildman–Crippen LogP) is 0.653. The Morgan fingerprint density at radius 2 is 2.42 bits per heavy atom. The van der Waals surface area contributed by atoms with Crippen molar-refractivity contribution in [1.82, 2.24) is 10.6 Å². The fourth-order valence-electron chi connectivity index (χ4n) is 1.41. The molecular formula is C9H18N2O. The monoisotopic (exact) mass is 170 g/mol. The summed E-state index contributed by atoms with van der Waals surface area (Å²) in [5.74, 6) is 0.205. The second-order valence-corrected chi connectivity index (χ2v) is 3.72. The van der Waals surface area contributed by atoms with Gasteiger partial charge in [-0.05, 0) is 12.8 Å². The summed E-state index contributed by atoms with van der Waals surface area (Å²) in [5.41, 5.74) is 0. The SMILES string of the molecule is CC(C)NCC1CCCC(=O)N1. The van der Waals surface area contributed by atoms with Gasteiger partial charge in [-0.2, -0.15) is 0 Å². The lowest BCUT2D eigenvalue weighted by molar-refractivity contribution is -0.123. The topological polar surface area (TPSA) is 41.1 Å². The molecule has 1 amide bonds. The number of hydrogen-bond donors (Lipinski definition) is 2. The van der Waals surface area contributed by atoms with Crippen molar-refractivity contribution in [3.8, 4) is 0 Å². The highest BCUT2D eigenvalue weighted by Gasteiger charge is 2.17. The van der Waals surface area contributed by atoms with E-state index >= 15 is 0 Å². The molecule has 1 unspecified atom stereocenters. The molecule has 0 bridgehead atoms. The molecule has 0 aromatic heterocycles. The number of nitrogens with one attached hydrogen (secondary N) is 2. The van der Waals surface area contributed by atoms with Crippen molar-refractivity contribution in [3.05, 3.63) is 0 Å². The summed E-state index contributed by atoms with van der Waals surface area (Å²) in [4.78, 5) is 11.0. The van der Waals surface area contributed by atoms with Gasteiger partial charge in [-0.25, -0.2) is 0 Å². The number of piperidine rings is 1. The highest BCUT2D eigenvalue weighted by Crippen LogP contribution is 2.06. The molecular weight excluding hydrogens is 152 g/mol. The minimum Gasteiger partial charge on any atom is -0.352 e. The van der Waals surface area contributed by atoms with Gasteiger partial charge < -0.3 is 10.6 Å². The van der Waals surface area contributed by atoms with Gasteiger partial charge in [-0.3, -0.25) is 4.79 Å². The van der Waals surface area contributed by atoms with Crippen LogP contribution in [0.3, 0.4) is 0 Å². The third kappa shape index (κ3) is 3.22. The van der Waals surface area contributed by atoms with Crippen LogP contribution in [0.25, 0.3) is 0 Å². The zero-order chi connectivity index (χ0) is 8.97. The second-order valence-electron chi connectivity index (χ2n) is 3.72. The molecule has 0 aromatic carbocycles. The first kappa shape index (κ1) is 9.52. The average Bonchev–Trinajstić information content (AvgIpc) is 2.01. The van der Waals surface area contributed by atoms with Gasteiger partial charge in [0.2, 0.25) is 5.91 Å². The summed E-state index contributed by atoms with van der Waals surface area (Å²) in [7, 11) is 0. The largest absolute Gasteiger partial charge is 0.352 e. The maximum absolute atomic E-state index is 11.0. The van der Waals surface area contributed by atoms with E-state index in [1.165, 1.54) is 0 Å². The molecule has 70 valence electrons. The molecule has 1 saturated heterocycles.